The fraction of sp³-hybridized carbons (Fsp3) is 0.500. The molecule has 1 heterocycles. The van der Waals surface area contributed by atoms with Crippen LogP contribution in [0, 0.1) is 0 Å². The summed E-state index contributed by atoms with van der Waals surface area (Å²) in [6, 6.07) is 7.49. The van der Waals surface area contributed by atoms with Crippen LogP contribution in [-0.2, 0) is 0 Å². The van der Waals surface area contributed by atoms with E-state index in [4.69, 9.17) is 0 Å². The number of Topliss-reactive ketones (excluding diaryl/α,β-unsaturated/α-hetero) is 1. The molecule has 0 radical (unpaired) electrons. The van der Waals surface area contributed by atoms with Crippen LogP contribution in [0.25, 0.3) is 0 Å². The first-order valence-corrected chi connectivity index (χ1v) is 7.13. The molecule has 2 rings (SSSR count). The number of aliphatic hydroxyl groups excluding tert-OH is 1. The third-order valence-electron chi connectivity index (χ3n) is 3.38. The minimum absolute atomic E-state index is 0.150. The third kappa shape index (κ3) is 3.90. The molecule has 4 heteroatoms. The van der Waals surface area contributed by atoms with Crippen LogP contribution in [0.15, 0.2) is 28.7 Å². The van der Waals surface area contributed by atoms with Crippen molar-refractivity contribution in [3.63, 3.8) is 0 Å². The Morgan fingerprint density at radius 2 is 1.89 bits per heavy atom. The summed E-state index contributed by atoms with van der Waals surface area (Å²) in [5, 5.41) is 9.41. The van der Waals surface area contributed by atoms with Crippen molar-refractivity contribution in [2.45, 2.75) is 25.4 Å². The fourth-order valence-corrected chi connectivity index (χ4v) is 2.45. The number of ketones is 1. The van der Waals surface area contributed by atoms with Crippen LogP contribution >= 0.6 is 15.9 Å². The molecule has 18 heavy (non-hydrogen) atoms. The van der Waals surface area contributed by atoms with E-state index in [0.717, 1.165) is 42.5 Å². The minimum Gasteiger partial charge on any atom is -0.393 e. The van der Waals surface area contributed by atoms with Gasteiger partial charge in [-0.2, -0.15) is 0 Å². The number of rotatable bonds is 4. The Hall–Kier alpha value is -0.710. The van der Waals surface area contributed by atoms with E-state index < -0.39 is 0 Å². The van der Waals surface area contributed by atoms with E-state index in [-0.39, 0.29) is 11.9 Å². The summed E-state index contributed by atoms with van der Waals surface area (Å²) in [4.78, 5) is 14.2. The molecule has 1 saturated heterocycles. The first-order valence-electron chi connectivity index (χ1n) is 6.34. The molecule has 3 nitrogen and oxygen atoms in total. The average Bonchev–Trinajstić information content (AvgIpc) is 2.38. The standard InChI is InChI=1S/C14H18BrNO2/c15-12-3-1-11(2-4-12)14(18)7-10-16-8-5-13(17)6-9-16/h1-4,13,17H,5-10H2. The minimum atomic E-state index is -0.150. The smallest absolute Gasteiger partial charge is 0.164 e. The zero-order valence-corrected chi connectivity index (χ0v) is 11.9. The Balaban J connectivity index is 1.79. The third-order valence-corrected chi connectivity index (χ3v) is 3.91. The molecule has 0 saturated carbocycles. The van der Waals surface area contributed by atoms with E-state index in [0.29, 0.717) is 6.42 Å². The highest BCUT2D eigenvalue weighted by Crippen LogP contribution is 2.14. The van der Waals surface area contributed by atoms with Crippen molar-refractivity contribution in [3.8, 4) is 0 Å². The van der Waals surface area contributed by atoms with Gasteiger partial charge in [0.25, 0.3) is 0 Å². The Morgan fingerprint density at radius 1 is 1.28 bits per heavy atom. The Bertz CT molecular complexity index is 397. The maximum Gasteiger partial charge on any atom is 0.164 e. The number of hydrogen-bond acceptors (Lipinski definition) is 3. The van der Waals surface area contributed by atoms with Crippen molar-refractivity contribution in [3.05, 3.63) is 34.3 Å². The second-order valence-corrected chi connectivity index (χ2v) is 5.67. The van der Waals surface area contributed by atoms with Gasteiger partial charge in [-0.3, -0.25) is 4.79 Å². The first kappa shape index (κ1) is 13.7. The zero-order valence-electron chi connectivity index (χ0n) is 10.3. The van der Waals surface area contributed by atoms with Gasteiger partial charge >= 0.3 is 0 Å². The monoisotopic (exact) mass is 311 g/mol. The highest BCUT2D eigenvalue weighted by Gasteiger charge is 2.17. The molecule has 1 aliphatic rings. The quantitative estimate of drug-likeness (QED) is 0.868. The maximum atomic E-state index is 12.0. The van der Waals surface area contributed by atoms with Gasteiger partial charge in [-0.15, -0.1) is 0 Å². The van der Waals surface area contributed by atoms with Crippen molar-refractivity contribution < 1.29 is 9.90 Å². The van der Waals surface area contributed by atoms with Crippen molar-refractivity contribution in [1.82, 2.24) is 4.90 Å². The van der Waals surface area contributed by atoms with Crippen LogP contribution in [0.4, 0.5) is 0 Å². The Labute approximate surface area is 116 Å². The lowest BCUT2D eigenvalue weighted by Gasteiger charge is -2.29. The summed E-state index contributed by atoms with van der Waals surface area (Å²) in [5.41, 5.74) is 0.773. The van der Waals surface area contributed by atoms with Gasteiger partial charge in [0, 0.05) is 36.1 Å². The number of nitrogens with zero attached hydrogens (tertiary/aromatic N) is 1. The molecule has 1 aromatic carbocycles. The number of carbonyl (C=O) groups is 1. The number of benzene rings is 1. The Kier molecular flexibility index (Phi) is 4.92. The molecule has 1 aliphatic heterocycles. The van der Waals surface area contributed by atoms with E-state index in [1.54, 1.807) is 0 Å². The molecule has 0 spiro atoms. The van der Waals surface area contributed by atoms with E-state index in [1.165, 1.54) is 0 Å². The second-order valence-electron chi connectivity index (χ2n) is 4.75. The first-order chi connectivity index (χ1) is 8.65. The van der Waals surface area contributed by atoms with Crippen LogP contribution in [0.1, 0.15) is 29.6 Å². The SMILES string of the molecule is O=C(CCN1CCC(O)CC1)c1ccc(Br)cc1. The molecule has 0 atom stereocenters. The highest BCUT2D eigenvalue weighted by atomic mass is 79.9. The summed E-state index contributed by atoms with van der Waals surface area (Å²) < 4.78 is 0.990. The number of piperidine rings is 1. The molecular weight excluding hydrogens is 294 g/mol. The van der Waals surface area contributed by atoms with E-state index in [9.17, 15) is 9.90 Å². The van der Waals surface area contributed by atoms with Gasteiger partial charge in [-0.05, 0) is 25.0 Å². The van der Waals surface area contributed by atoms with E-state index >= 15 is 0 Å². The summed E-state index contributed by atoms with van der Waals surface area (Å²) >= 11 is 3.36. The lowest BCUT2D eigenvalue weighted by Crippen LogP contribution is -2.37. The number of likely N-dealkylation sites (tertiary alicyclic amines) is 1. The normalized spacial score (nSPS) is 17.9. The van der Waals surface area contributed by atoms with Crippen molar-refractivity contribution in [2.24, 2.45) is 0 Å². The van der Waals surface area contributed by atoms with Gasteiger partial charge in [0.05, 0.1) is 6.10 Å². The molecule has 1 aromatic rings. The van der Waals surface area contributed by atoms with Crippen LogP contribution in [0.5, 0.6) is 0 Å². The molecule has 0 unspecified atom stereocenters. The number of halogens is 1. The van der Waals surface area contributed by atoms with Gasteiger partial charge in [-0.25, -0.2) is 0 Å². The zero-order chi connectivity index (χ0) is 13.0. The predicted octanol–water partition coefficient (Wildman–Crippen LogP) is 2.48. The van der Waals surface area contributed by atoms with Crippen LogP contribution in [0.2, 0.25) is 0 Å². The molecule has 1 N–H and O–H groups in total. The van der Waals surface area contributed by atoms with Gasteiger partial charge in [0.2, 0.25) is 0 Å². The van der Waals surface area contributed by atoms with Gasteiger partial charge < -0.3 is 10.0 Å². The molecule has 1 fully saturated rings. The van der Waals surface area contributed by atoms with Crippen LogP contribution < -0.4 is 0 Å². The lowest BCUT2D eigenvalue weighted by atomic mass is 10.1. The van der Waals surface area contributed by atoms with Crippen molar-refractivity contribution in [2.75, 3.05) is 19.6 Å². The molecule has 0 aromatic heterocycles. The molecule has 0 amide bonds. The lowest BCUT2D eigenvalue weighted by molar-refractivity contribution is 0.0778. The second kappa shape index (κ2) is 6.45. The number of carbonyl (C=O) groups excluding carboxylic acids is 1. The largest absolute Gasteiger partial charge is 0.393 e. The highest BCUT2D eigenvalue weighted by molar-refractivity contribution is 9.10. The fourth-order valence-electron chi connectivity index (χ4n) is 2.18. The van der Waals surface area contributed by atoms with Crippen LogP contribution in [-0.4, -0.2) is 41.5 Å². The van der Waals surface area contributed by atoms with Crippen LogP contribution in [0.3, 0.4) is 0 Å². The summed E-state index contributed by atoms with van der Waals surface area (Å²) in [6.45, 7) is 2.59. The molecule has 0 bridgehead atoms. The summed E-state index contributed by atoms with van der Waals surface area (Å²) in [5.74, 6) is 0.189. The molecule has 98 valence electrons. The maximum absolute atomic E-state index is 12.0. The summed E-state index contributed by atoms with van der Waals surface area (Å²) in [6.07, 6.45) is 2.06. The van der Waals surface area contributed by atoms with E-state index in [2.05, 4.69) is 20.8 Å². The van der Waals surface area contributed by atoms with Crippen molar-refractivity contribution >= 4 is 21.7 Å². The van der Waals surface area contributed by atoms with Crippen molar-refractivity contribution in [1.29, 1.82) is 0 Å². The predicted molar refractivity (Wildman–Crippen MR) is 74.8 cm³/mol. The van der Waals surface area contributed by atoms with Gasteiger partial charge in [0.15, 0.2) is 5.78 Å². The topological polar surface area (TPSA) is 40.5 Å². The number of hydrogen-bond donors (Lipinski definition) is 1. The average molecular weight is 312 g/mol. The number of aliphatic hydroxyl groups is 1. The summed E-state index contributed by atoms with van der Waals surface area (Å²) in [7, 11) is 0. The Morgan fingerprint density at radius 3 is 2.50 bits per heavy atom. The molecule has 0 aliphatic carbocycles. The molecular formula is C14H18BrNO2. The van der Waals surface area contributed by atoms with Gasteiger partial charge in [-0.1, -0.05) is 28.1 Å². The van der Waals surface area contributed by atoms with E-state index in [1.807, 2.05) is 24.3 Å². The van der Waals surface area contributed by atoms with Gasteiger partial charge in [0.1, 0.15) is 0 Å².